The molecule has 1 atom stereocenters. The Labute approximate surface area is 141 Å². The van der Waals surface area contributed by atoms with Gasteiger partial charge in [-0.3, -0.25) is 4.79 Å². The van der Waals surface area contributed by atoms with Crippen molar-refractivity contribution in [3.63, 3.8) is 0 Å². The molecule has 2 N–H and O–H groups in total. The van der Waals surface area contributed by atoms with Crippen molar-refractivity contribution in [2.24, 2.45) is 0 Å². The minimum absolute atomic E-state index is 0.00939. The third-order valence-corrected chi connectivity index (χ3v) is 3.76. The van der Waals surface area contributed by atoms with Crippen LogP contribution >= 0.6 is 0 Å². The van der Waals surface area contributed by atoms with Crippen molar-refractivity contribution in [2.75, 3.05) is 7.11 Å². The lowest BCUT2D eigenvalue weighted by molar-refractivity contribution is -0.143. The summed E-state index contributed by atoms with van der Waals surface area (Å²) in [7, 11) is 1.15. The van der Waals surface area contributed by atoms with E-state index in [1.807, 2.05) is 0 Å². The monoisotopic (exact) mass is 344 g/mol. The van der Waals surface area contributed by atoms with Gasteiger partial charge in [-0.25, -0.2) is 13.6 Å². The molecule has 0 radical (unpaired) electrons. The number of aromatic nitrogens is 1. The molecule has 1 heterocycles. The third-order valence-electron chi connectivity index (χ3n) is 3.76. The molecule has 0 spiro atoms. The lowest BCUT2D eigenvalue weighted by Crippen LogP contribution is -2.35. The number of esters is 1. The van der Waals surface area contributed by atoms with Crippen LogP contribution in [0.25, 0.3) is 10.9 Å². The number of benzene rings is 2. The summed E-state index contributed by atoms with van der Waals surface area (Å²) in [6.45, 7) is 0. The normalized spacial score (nSPS) is 12.0. The van der Waals surface area contributed by atoms with Crippen LogP contribution in [-0.2, 0) is 9.53 Å². The molecule has 3 aromatic rings. The second kappa shape index (κ2) is 6.72. The van der Waals surface area contributed by atoms with E-state index in [1.165, 1.54) is 42.5 Å². The minimum atomic E-state index is -1.30. The van der Waals surface area contributed by atoms with Crippen molar-refractivity contribution >= 4 is 22.8 Å². The van der Waals surface area contributed by atoms with Crippen LogP contribution in [0.4, 0.5) is 8.78 Å². The van der Waals surface area contributed by atoms with Crippen LogP contribution in [0.3, 0.4) is 0 Å². The van der Waals surface area contributed by atoms with E-state index >= 15 is 0 Å². The largest absolute Gasteiger partial charge is 0.467 e. The summed E-state index contributed by atoms with van der Waals surface area (Å²) in [5, 5.41) is 2.94. The lowest BCUT2D eigenvalue weighted by Gasteiger charge is -2.17. The summed E-state index contributed by atoms with van der Waals surface area (Å²) >= 11 is 0. The number of ether oxygens (including phenoxy) is 1. The number of carbonyl (C=O) groups excluding carboxylic acids is 2. The van der Waals surface area contributed by atoms with Crippen LogP contribution in [-0.4, -0.2) is 24.0 Å². The van der Waals surface area contributed by atoms with Gasteiger partial charge >= 0.3 is 5.97 Å². The number of amides is 1. The van der Waals surface area contributed by atoms with E-state index in [0.29, 0.717) is 10.9 Å². The van der Waals surface area contributed by atoms with Crippen molar-refractivity contribution < 1.29 is 23.1 Å². The standard InChI is InChI=1S/C18H14F2N2O3/c1-25-18(24)16(12-4-2-3-5-13(12)20)22-17(23)15-9-10-8-11(19)6-7-14(10)21-15/h2-9,16,21H,1H3,(H,22,23)/t16-/m0/s1. The number of hydrogen-bond acceptors (Lipinski definition) is 3. The van der Waals surface area contributed by atoms with Gasteiger partial charge in [-0.15, -0.1) is 0 Å². The molecule has 2 aromatic carbocycles. The van der Waals surface area contributed by atoms with E-state index in [9.17, 15) is 18.4 Å². The van der Waals surface area contributed by atoms with E-state index in [4.69, 9.17) is 0 Å². The molecule has 0 saturated carbocycles. The molecular formula is C18H14F2N2O3. The Kier molecular flexibility index (Phi) is 4.47. The summed E-state index contributed by atoms with van der Waals surface area (Å²) in [6, 6.07) is 9.77. The zero-order chi connectivity index (χ0) is 18.0. The van der Waals surface area contributed by atoms with Gasteiger partial charge in [0.2, 0.25) is 0 Å². The fraction of sp³-hybridized carbons (Fsp3) is 0.111. The Morgan fingerprint density at radius 2 is 1.88 bits per heavy atom. The quantitative estimate of drug-likeness (QED) is 0.715. The van der Waals surface area contributed by atoms with Crippen molar-refractivity contribution in [3.8, 4) is 0 Å². The highest BCUT2D eigenvalue weighted by molar-refractivity contribution is 5.99. The maximum Gasteiger partial charge on any atom is 0.333 e. The molecule has 0 bridgehead atoms. The van der Waals surface area contributed by atoms with Crippen molar-refractivity contribution in [1.82, 2.24) is 10.3 Å². The molecule has 0 unspecified atom stereocenters. The smallest absolute Gasteiger partial charge is 0.333 e. The van der Waals surface area contributed by atoms with Crippen molar-refractivity contribution in [1.29, 1.82) is 0 Å². The predicted octanol–water partition coefficient (Wildman–Crippen LogP) is 3.09. The summed E-state index contributed by atoms with van der Waals surface area (Å²) < 4.78 is 31.9. The van der Waals surface area contributed by atoms with Gasteiger partial charge in [-0.05, 0) is 30.3 Å². The second-order valence-corrected chi connectivity index (χ2v) is 5.37. The van der Waals surface area contributed by atoms with E-state index in [0.717, 1.165) is 7.11 Å². The van der Waals surface area contributed by atoms with Crippen LogP contribution in [0.5, 0.6) is 0 Å². The molecule has 5 nitrogen and oxygen atoms in total. The van der Waals surface area contributed by atoms with Crippen LogP contribution < -0.4 is 5.32 Å². The first-order chi connectivity index (χ1) is 12.0. The van der Waals surface area contributed by atoms with Crippen LogP contribution in [0.1, 0.15) is 22.1 Å². The summed E-state index contributed by atoms with van der Waals surface area (Å²) in [6.07, 6.45) is 0. The van der Waals surface area contributed by atoms with Crippen LogP contribution in [0.15, 0.2) is 48.5 Å². The zero-order valence-electron chi connectivity index (χ0n) is 13.2. The van der Waals surface area contributed by atoms with Gasteiger partial charge in [0.25, 0.3) is 5.91 Å². The fourth-order valence-corrected chi connectivity index (χ4v) is 2.53. The van der Waals surface area contributed by atoms with Gasteiger partial charge in [0.1, 0.15) is 17.3 Å². The van der Waals surface area contributed by atoms with E-state index < -0.39 is 29.6 Å². The first-order valence-electron chi connectivity index (χ1n) is 7.41. The number of nitrogens with one attached hydrogen (secondary N) is 2. The predicted molar refractivity (Wildman–Crippen MR) is 86.9 cm³/mol. The highest BCUT2D eigenvalue weighted by Gasteiger charge is 2.27. The van der Waals surface area contributed by atoms with Gasteiger partial charge in [0.05, 0.1) is 7.11 Å². The number of halogens is 2. The molecule has 25 heavy (non-hydrogen) atoms. The second-order valence-electron chi connectivity index (χ2n) is 5.37. The Bertz CT molecular complexity index is 952. The molecular weight excluding hydrogens is 330 g/mol. The molecule has 0 aliphatic carbocycles. The van der Waals surface area contributed by atoms with Gasteiger partial charge < -0.3 is 15.0 Å². The highest BCUT2D eigenvalue weighted by Crippen LogP contribution is 2.20. The average Bonchev–Trinajstić information content (AvgIpc) is 3.03. The molecule has 3 rings (SSSR count). The summed E-state index contributed by atoms with van der Waals surface area (Å²) in [4.78, 5) is 27.3. The number of rotatable bonds is 4. The Morgan fingerprint density at radius 3 is 2.60 bits per heavy atom. The average molecular weight is 344 g/mol. The molecule has 0 fully saturated rings. The zero-order valence-corrected chi connectivity index (χ0v) is 13.2. The topological polar surface area (TPSA) is 71.2 Å². The molecule has 1 amide bonds. The van der Waals surface area contributed by atoms with Crippen LogP contribution in [0.2, 0.25) is 0 Å². The summed E-state index contributed by atoms with van der Waals surface area (Å²) in [5.41, 5.74) is 0.669. The first-order valence-corrected chi connectivity index (χ1v) is 7.41. The molecule has 0 saturated heterocycles. The fourth-order valence-electron chi connectivity index (χ4n) is 2.53. The number of hydrogen-bond donors (Lipinski definition) is 2. The number of H-pyrrole nitrogens is 1. The van der Waals surface area contributed by atoms with Crippen molar-refractivity contribution in [2.45, 2.75) is 6.04 Å². The van der Waals surface area contributed by atoms with E-state index in [2.05, 4.69) is 15.0 Å². The maximum absolute atomic E-state index is 14.0. The Balaban J connectivity index is 1.91. The summed E-state index contributed by atoms with van der Waals surface area (Å²) in [5.74, 6) is -2.52. The Hall–Kier alpha value is -3.22. The van der Waals surface area contributed by atoms with Crippen molar-refractivity contribution in [3.05, 3.63) is 71.4 Å². The molecule has 7 heteroatoms. The number of fused-ring (bicyclic) bond motifs is 1. The number of carbonyl (C=O) groups is 2. The van der Waals surface area contributed by atoms with E-state index in [-0.39, 0.29) is 11.3 Å². The molecule has 1 aromatic heterocycles. The molecule has 128 valence electrons. The number of aromatic amines is 1. The molecule has 0 aliphatic rings. The Morgan fingerprint density at radius 1 is 1.12 bits per heavy atom. The van der Waals surface area contributed by atoms with Gasteiger partial charge in [0.15, 0.2) is 6.04 Å². The third kappa shape index (κ3) is 3.35. The van der Waals surface area contributed by atoms with Gasteiger partial charge in [0, 0.05) is 16.5 Å². The minimum Gasteiger partial charge on any atom is -0.467 e. The molecule has 0 aliphatic heterocycles. The highest BCUT2D eigenvalue weighted by atomic mass is 19.1. The van der Waals surface area contributed by atoms with Crippen LogP contribution in [0, 0.1) is 11.6 Å². The van der Waals surface area contributed by atoms with Gasteiger partial charge in [-0.1, -0.05) is 18.2 Å². The van der Waals surface area contributed by atoms with E-state index in [1.54, 1.807) is 6.07 Å². The SMILES string of the molecule is COC(=O)[C@@H](NC(=O)c1cc2cc(F)ccc2[nH]1)c1ccccc1F. The first kappa shape index (κ1) is 16.6. The number of methoxy groups -OCH3 is 1. The lowest BCUT2D eigenvalue weighted by atomic mass is 10.1. The maximum atomic E-state index is 14.0. The van der Waals surface area contributed by atoms with Gasteiger partial charge in [-0.2, -0.15) is 0 Å².